The van der Waals surface area contributed by atoms with Gasteiger partial charge in [-0.05, 0) is 55.2 Å². The number of halogens is 1. The number of ether oxygens (including phenoxy) is 1. The first-order chi connectivity index (χ1) is 12.5. The number of benzene rings is 2. The minimum atomic E-state index is -0.464. The Bertz CT molecular complexity index is 736. The van der Waals surface area contributed by atoms with Crippen LogP contribution in [0, 0.1) is 13.8 Å². The van der Waals surface area contributed by atoms with Gasteiger partial charge in [-0.3, -0.25) is 4.79 Å². The van der Waals surface area contributed by atoms with Crippen LogP contribution in [-0.4, -0.2) is 24.3 Å². The van der Waals surface area contributed by atoms with Crippen LogP contribution < -0.4 is 10.1 Å². The molecule has 0 fully saturated rings. The average Bonchev–Trinajstić information content (AvgIpc) is 2.62. The van der Waals surface area contributed by atoms with Crippen LogP contribution in [0.4, 0.5) is 0 Å². The highest BCUT2D eigenvalue weighted by Gasteiger charge is 2.18. The second-order valence-corrected chi connectivity index (χ2v) is 7.73. The van der Waals surface area contributed by atoms with E-state index in [0.717, 1.165) is 33.4 Å². The molecule has 1 amide bonds. The molecule has 0 spiro atoms. The van der Waals surface area contributed by atoms with E-state index < -0.39 is 6.10 Å². The van der Waals surface area contributed by atoms with Gasteiger partial charge in [0, 0.05) is 23.1 Å². The Hall–Kier alpha value is -1.65. The summed E-state index contributed by atoms with van der Waals surface area (Å²) in [5.74, 6) is 2.45. The van der Waals surface area contributed by atoms with Gasteiger partial charge in [-0.25, -0.2) is 0 Å². The van der Waals surface area contributed by atoms with Gasteiger partial charge in [-0.15, -0.1) is 0 Å². The number of nitrogens with one attached hydrogen (secondary N) is 1. The third-order valence-corrected chi connectivity index (χ3v) is 5.46. The van der Waals surface area contributed by atoms with Gasteiger partial charge >= 0.3 is 0 Å². The van der Waals surface area contributed by atoms with Gasteiger partial charge in [0.15, 0.2) is 6.10 Å². The molecule has 0 aliphatic carbocycles. The molecule has 1 N–H and O–H groups in total. The number of amides is 1. The van der Waals surface area contributed by atoms with Crippen molar-refractivity contribution in [2.24, 2.45) is 0 Å². The van der Waals surface area contributed by atoms with E-state index in [1.165, 1.54) is 5.56 Å². The van der Waals surface area contributed by atoms with E-state index in [0.29, 0.717) is 13.0 Å². The molecule has 140 valence electrons. The summed E-state index contributed by atoms with van der Waals surface area (Å²) in [6.07, 6.45) is 0.169. The maximum atomic E-state index is 12.4. The van der Waals surface area contributed by atoms with Gasteiger partial charge in [0.25, 0.3) is 5.91 Å². The summed E-state index contributed by atoms with van der Waals surface area (Å²) in [6.45, 7) is 6.64. The van der Waals surface area contributed by atoms with Crippen molar-refractivity contribution in [2.45, 2.75) is 39.0 Å². The van der Waals surface area contributed by atoms with Crippen LogP contribution in [0.1, 0.15) is 30.0 Å². The fourth-order valence-corrected chi connectivity index (χ4v) is 3.52. The summed E-state index contributed by atoms with van der Waals surface area (Å²) in [5, 5.41) is 3.73. The van der Waals surface area contributed by atoms with E-state index in [9.17, 15) is 4.79 Å². The first kappa shape index (κ1) is 20.7. The molecule has 0 saturated heterocycles. The molecular weight excluding hydrogens is 366 g/mol. The normalized spacial score (nSPS) is 11.8. The second-order valence-electron chi connectivity index (χ2n) is 6.19. The number of rotatable bonds is 9. The highest BCUT2D eigenvalue weighted by molar-refractivity contribution is 7.98. The summed E-state index contributed by atoms with van der Waals surface area (Å²) in [4.78, 5) is 12.4. The van der Waals surface area contributed by atoms with Gasteiger partial charge in [0.05, 0.1) is 0 Å². The van der Waals surface area contributed by atoms with Crippen LogP contribution in [0.25, 0.3) is 0 Å². The minimum Gasteiger partial charge on any atom is -0.480 e. The molecular formula is C21H26ClNO2S. The lowest BCUT2D eigenvalue weighted by Crippen LogP contribution is -2.39. The van der Waals surface area contributed by atoms with Crippen LogP contribution in [0.15, 0.2) is 42.5 Å². The highest BCUT2D eigenvalue weighted by Crippen LogP contribution is 2.22. The molecule has 0 heterocycles. The lowest BCUT2D eigenvalue weighted by molar-refractivity contribution is -0.128. The zero-order chi connectivity index (χ0) is 18.9. The third-order valence-electron chi connectivity index (χ3n) is 4.19. The lowest BCUT2D eigenvalue weighted by atomic mass is 10.1. The summed E-state index contributed by atoms with van der Waals surface area (Å²) < 4.78 is 5.94. The molecule has 2 rings (SSSR count). The Kier molecular flexibility index (Phi) is 8.33. The zero-order valence-corrected chi connectivity index (χ0v) is 17.1. The SMILES string of the molecule is CCC(Oc1cccc(C)c1C)C(=O)NCCSCc1cccc(Cl)c1. The summed E-state index contributed by atoms with van der Waals surface area (Å²) >= 11 is 7.76. The van der Waals surface area contributed by atoms with Crippen LogP contribution >= 0.6 is 23.4 Å². The predicted molar refractivity (Wildman–Crippen MR) is 111 cm³/mol. The van der Waals surface area contributed by atoms with E-state index >= 15 is 0 Å². The van der Waals surface area contributed by atoms with Crippen molar-refractivity contribution in [3.8, 4) is 5.75 Å². The number of aryl methyl sites for hydroxylation is 1. The van der Waals surface area contributed by atoms with Crippen LogP contribution in [0.5, 0.6) is 5.75 Å². The van der Waals surface area contributed by atoms with E-state index in [1.807, 2.05) is 57.2 Å². The van der Waals surface area contributed by atoms with E-state index in [4.69, 9.17) is 16.3 Å². The van der Waals surface area contributed by atoms with Crippen LogP contribution in [0.3, 0.4) is 0 Å². The number of hydrogen-bond acceptors (Lipinski definition) is 3. The molecule has 2 aromatic rings. The number of thioether (sulfide) groups is 1. The van der Waals surface area contributed by atoms with Gasteiger partial charge in [-0.1, -0.05) is 42.8 Å². The molecule has 0 aromatic heterocycles. The Balaban J connectivity index is 1.75. The molecule has 0 bridgehead atoms. The Labute approximate surface area is 165 Å². The molecule has 0 aliphatic rings. The van der Waals surface area contributed by atoms with Gasteiger partial charge in [-0.2, -0.15) is 11.8 Å². The van der Waals surface area contributed by atoms with Gasteiger partial charge in [0.2, 0.25) is 0 Å². The minimum absolute atomic E-state index is 0.0586. The van der Waals surface area contributed by atoms with Crippen molar-refractivity contribution >= 4 is 29.3 Å². The first-order valence-corrected chi connectivity index (χ1v) is 10.4. The van der Waals surface area contributed by atoms with Crippen molar-refractivity contribution in [2.75, 3.05) is 12.3 Å². The summed E-state index contributed by atoms with van der Waals surface area (Å²) in [5.41, 5.74) is 3.43. The smallest absolute Gasteiger partial charge is 0.261 e. The molecule has 0 saturated carbocycles. The van der Waals surface area contributed by atoms with Crippen molar-refractivity contribution in [1.82, 2.24) is 5.32 Å². The van der Waals surface area contributed by atoms with E-state index in [-0.39, 0.29) is 5.91 Å². The topological polar surface area (TPSA) is 38.3 Å². The van der Waals surface area contributed by atoms with Crippen molar-refractivity contribution in [3.05, 3.63) is 64.2 Å². The maximum absolute atomic E-state index is 12.4. The highest BCUT2D eigenvalue weighted by atomic mass is 35.5. The fourth-order valence-electron chi connectivity index (χ4n) is 2.50. The number of carbonyl (C=O) groups excluding carboxylic acids is 1. The number of hydrogen-bond donors (Lipinski definition) is 1. The molecule has 2 aromatic carbocycles. The van der Waals surface area contributed by atoms with E-state index in [2.05, 4.69) is 11.4 Å². The molecule has 0 aliphatic heterocycles. The maximum Gasteiger partial charge on any atom is 0.261 e. The van der Waals surface area contributed by atoms with Crippen molar-refractivity contribution in [3.63, 3.8) is 0 Å². The summed E-state index contributed by atoms with van der Waals surface area (Å²) in [7, 11) is 0. The molecule has 3 nitrogen and oxygen atoms in total. The average molecular weight is 392 g/mol. The zero-order valence-electron chi connectivity index (χ0n) is 15.5. The summed E-state index contributed by atoms with van der Waals surface area (Å²) in [6, 6.07) is 13.8. The quantitative estimate of drug-likeness (QED) is 0.599. The molecule has 1 atom stereocenters. The molecule has 26 heavy (non-hydrogen) atoms. The van der Waals surface area contributed by atoms with Crippen LogP contribution in [0.2, 0.25) is 5.02 Å². The first-order valence-electron chi connectivity index (χ1n) is 8.84. The standard InChI is InChI=1S/C21H26ClNO2S/c1-4-19(25-20-10-5-7-15(2)16(20)3)21(24)23-11-12-26-14-17-8-6-9-18(22)13-17/h5-10,13,19H,4,11-12,14H2,1-3H3,(H,23,24). The largest absolute Gasteiger partial charge is 0.480 e. The number of carbonyl (C=O) groups is 1. The van der Waals surface area contributed by atoms with E-state index in [1.54, 1.807) is 11.8 Å². The fraction of sp³-hybridized carbons (Fsp3) is 0.381. The Morgan fingerprint density at radius 3 is 2.73 bits per heavy atom. The lowest BCUT2D eigenvalue weighted by Gasteiger charge is -2.19. The Morgan fingerprint density at radius 2 is 2.00 bits per heavy atom. The third kappa shape index (κ3) is 6.26. The molecule has 1 unspecified atom stereocenters. The Morgan fingerprint density at radius 1 is 1.23 bits per heavy atom. The van der Waals surface area contributed by atoms with Crippen LogP contribution in [-0.2, 0) is 10.5 Å². The van der Waals surface area contributed by atoms with Crippen molar-refractivity contribution in [1.29, 1.82) is 0 Å². The predicted octanol–water partition coefficient (Wildman–Crippen LogP) is 5.16. The molecule has 5 heteroatoms. The molecule has 0 radical (unpaired) electrons. The monoisotopic (exact) mass is 391 g/mol. The second kappa shape index (κ2) is 10.5. The van der Waals surface area contributed by atoms with Gasteiger partial charge in [0.1, 0.15) is 5.75 Å². The van der Waals surface area contributed by atoms with Gasteiger partial charge < -0.3 is 10.1 Å². The van der Waals surface area contributed by atoms with Crippen molar-refractivity contribution < 1.29 is 9.53 Å².